The van der Waals surface area contributed by atoms with E-state index in [9.17, 15) is 0 Å². The number of fused-ring (bicyclic) bond motifs is 3. The van der Waals surface area contributed by atoms with E-state index in [1.807, 2.05) is 0 Å². The maximum Gasteiger partial charge on any atom is 0.242 e. The zero-order chi connectivity index (χ0) is 35.3. The summed E-state index contributed by atoms with van der Waals surface area (Å²) in [6.07, 6.45) is 0. The van der Waals surface area contributed by atoms with Gasteiger partial charge in [-0.3, -0.25) is 0 Å². The second kappa shape index (κ2) is 13.3. The molecular formula is C45H47BN4. The van der Waals surface area contributed by atoms with Crippen molar-refractivity contribution in [1.29, 1.82) is 0 Å². The standard InChI is InChI=1S/C45H47BN4/c1-10-50(11-2)37-22-18-35(19-23-37)43-42(47-44-38-14-12-13-15-39(38)49(9)45(44)48-43)34-16-20-36(21-17-34)46(40-30(5)24-28(3)25-31(40)6)41-32(7)26-29(4)27-33(41)8/h12-27H,10-11H2,1-9H3. The molecule has 5 heteroatoms. The third-order valence-corrected chi connectivity index (χ3v) is 10.6. The van der Waals surface area contributed by atoms with Gasteiger partial charge in [-0.1, -0.05) is 129 Å². The molecule has 0 aliphatic rings. The smallest absolute Gasteiger partial charge is 0.242 e. The molecule has 7 aromatic rings. The molecule has 0 bridgehead atoms. The van der Waals surface area contributed by atoms with E-state index in [4.69, 9.17) is 9.97 Å². The predicted octanol–water partition coefficient (Wildman–Crippen LogP) is 8.67. The summed E-state index contributed by atoms with van der Waals surface area (Å²) in [5, 5.41) is 1.12. The molecule has 0 amide bonds. The Kier molecular flexibility index (Phi) is 8.86. The highest BCUT2D eigenvalue weighted by molar-refractivity contribution is 6.96. The maximum absolute atomic E-state index is 5.43. The maximum atomic E-state index is 5.43. The highest BCUT2D eigenvalue weighted by atomic mass is 15.1. The number of rotatable bonds is 8. The molecule has 0 spiro atoms. The van der Waals surface area contributed by atoms with Crippen LogP contribution in [-0.4, -0.2) is 34.3 Å². The number of nitrogens with zero attached hydrogens (tertiary/aromatic N) is 4. The van der Waals surface area contributed by atoms with E-state index in [-0.39, 0.29) is 6.71 Å². The van der Waals surface area contributed by atoms with Crippen molar-refractivity contribution in [2.75, 3.05) is 18.0 Å². The molecule has 0 unspecified atom stereocenters. The topological polar surface area (TPSA) is 34.0 Å². The third-order valence-electron chi connectivity index (χ3n) is 10.6. The Morgan fingerprint density at radius 2 is 1.08 bits per heavy atom. The van der Waals surface area contributed by atoms with Crippen LogP contribution in [0.2, 0.25) is 0 Å². The van der Waals surface area contributed by atoms with Crippen LogP contribution in [0.3, 0.4) is 0 Å². The quantitative estimate of drug-likeness (QED) is 0.154. The summed E-state index contributed by atoms with van der Waals surface area (Å²) in [4.78, 5) is 13.2. The van der Waals surface area contributed by atoms with Gasteiger partial charge in [0.15, 0.2) is 5.65 Å². The molecular weight excluding hydrogens is 607 g/mol. The van der Waals surface area contributed by atoms with E-state index in [1.54, 1.807) is 0 Å². The van der Waals surface area contributed by atoms with Crippen LogP contribution in [0.25, 0.3) is 44.6 Å². The van der Waals surface area contributed by atoms with Crippen molar-refractivity contribution in [3.8, 4) is 22.5 Å². The van der Waals surface area contributed by atoms with Crippen LogP contribution < -0.4 is 21.3 Å². The fourth-order valence-electron chi connectivity index (χ4n) is 8.35. The van der Waals surface area contributed by atoms with Gasteiger partial charge in [0, 0.05) is 42.3 Å². The number of anilines is 1. The lowest BCUT2D eigenvalue weighted by Crippen LogP contribution is -2.55. The van der Waals surface area contributed by atoms with E-state index in [1.165, 1.54) is 55.5 Å². The Balaban J connectivity index is 1.42. The van der Waals surface area contributed by atoms with E-state index < -0.39 is 0 Å². The van der Waals surface area contributed by atoms with Gasteiger partial charge in [0.2, 0.25) is 6.71 Å². The minimum absolute atomic E-state index is 0.115. The number of aromatic nitrogens is 3. The van der Waals surface area contributed by atoms with Crippen LogP contribution in [0, 0.1) is 41.5 Å². The first kappa shape index (κ1) is 33.3. The number of hydrogen-bond donors (Lipinski definition) is 0. The molecule has 50 heavy (non-hydrogen) atoms. The molecule has 0 fully saturated rings. The Bertz CT molecular complexity index is 2260. The number of hydrogen-bond acceptors (Lipinski definition) is 3. The average Bonchev–Trinajstić information content (AvgIpc) is 3.38. The van der Waals surface area contributed by atoms with Gasteiger partial charge in [0.1, 0.15) is 5.52 Å². The van der Waals surface area contributed by atoms with Crippen molar-refractivity contribution in [2.24, 2.45) is 7.05 Å². The second-order valence-electron chi connectivity index (χ2n) is 14.1. The van der Waals surface area contributed by atoms with E-state index >= 15 is 0 Å². The molecule has 4 nitrogen and oxygen atoms in total. The van der Waals surface area contributed by atoms with E-state index in [0.29, 0.717) is 0 Å². The number of benzene rings is 5. The number of aryl methyl sites for hydroxylation is 7. The lowest BCUT2D eigenvalue weighted by Gasteiger charge is -2.25. The summed E-state index contributed by atoms with van der Waals surface area (Å²) in [5.74, 6) is 0. The molecule has 0 atom stereocenters. The highest BCUT2D eigenvalue weighted by Gasteiger charge is 2.29. The first-order valence-corrected chi connectivity index (χ1v) is 18.0. The Hall–Kier alpha value is -5.16. The van der Waals surface area contributed by atoms with Crippen LogP contribution in [0.1, 0.15) is 47.2 Å². The van der Waals surface area contributed by atoms with Crippen molar-refractivity contribution in [3.63, 3.8) is 0 Å². The Morgan fingerprint density at radius 1 is 0.600 bits per heavy atom. The van der Waals surface area contributed by atoms with Gasteiger partial charge >= 0.3 is 0 Å². The van der Waals surface area contributed by atoms with Crippen LogP contribution in [0.4, 0.5) is 5.69 Å². The lowest BCUT2D eigenvalue weighted by molar-refractivity contribution is 0.866. The number of para-hydroxylation sites is 1. The summed E-state index contributed by atoms with van der Waals surface area (Å²) in [7, 11) is 2.09. The van der Waals surface area contributed by atoms with Gasteiger partial charge < -0.3 is 9.47 Å². The van der Waals surface area contributed by atoms with Gasteiger partial charge in [-0.25, -0.2) is 9.97 Å². The largest absolute Gasteiger partial charge is 0.372 e. The summed E-state index contributed by atoms with van der Waals surface area (Å²) in [5.41, 5.74) is 20.1. The van der Waals surface area contributed by atoms with E-state index in [0.717, 1.165) is 57.7 Å². The zero-order valence-corrected chi connectivity index (χ0v) is 31.0. The fraction of sp³-hybridized carbons (Fsp3) is 0.244. The summed E-state index contributed by atoms with van der Waals surface area (Å²) < 4.78 is 2.17. The Labute approximate surface area is 297 Å². The van der Waals surface area contributed by atoms with Gasteiger partial charge in [-0.05, 0) is 73.6 Å². The van der Waals surface area contributed by atoms with Crippen LogP contribution in [0.5, 0.6) is 0 Å². The van der Waals surface area contributed by atoms with Crippen LogP contribution in [-0.2, 0) is 7.05 Å². The summed E-state index contributed by atoms with van der Waals surface area (Å²) in [6.45, 7) is 19.9. The van der Waals surface area contributed by atoms with Crippen molar-refractivity contribution in [3.05, 3.63) is 130 Å². The van der Waals surface area contributed by atoms with Crippen molar-refractivity contribution >= 4 is 50.9 Å². The zero-order valence-electron chi connectivity index (χ0n) is 31.0. The molecule has 0 aliphatic heterocycles. The molecule has 5 aromatic carbocycles. The van der Waals surface area contributed by atoms with Gasteiger partial charge in [-0.2, -0.15) is 0 Å². The molecule has 0 radical (unpaired) electrons. The summed E-state index contributed by atoms with van der Waals surface area (Å²) in [6, 6.07) is 35.8. The van der Waals surface area contributed by atoms with Gasteiger partial charge in [0.25, 0.3) is 0 Å². The van der Waals surface area contributed by atoms with Crippen molar-refractivity contribution in [1.82, 2.24) is 14.5 Å². The SMILES string of the molecule is CCN(CC)c1ccc(-c2nc3c(nc2-c2ccc(B(c4c(C)cc(C)cc4C)c4c(C)cc(C)cc4C)cc2)c2ccccc2n3C)cc1. The minimum atomic E-state index is 0.115. The average molecular weight is 655 g/mol. The molecule has 0 N–H and O–H groups in total. The Morgan fingerprint density at radius 3 is 1.60 bits per heavy atom. The fourth-order valence-corrected chi connectivity index (χ4v) is 8.35. The van der Waals surface area contributed by atoms with E-state index in [2.05, 4.69) is 169 Å². The molecule has 2 aromatic heterocycles. The second-order valence-corrected chi connectivity index (χ2v) is 14.1. The first-order chi connectivity index (χ1) is 24.1. The molecule has 2 heterocycles. The lowest BCUT2D eigenvalue weighted by atomic mass is 9.34. The predicted molar refractivity (Wildman–Crippen MR) is 216 cm³/mol. The van der Waals surface area contributed by atoms with Crippen LogP contribution >= 0.6 is 0 Å². The van der Waals surface area contributed by atoms with Gasteiger partial charge in [0.05, 0.1) is 16.9 Å². The summed E-state index contributed by atoms with van der Waals surface area (Å²) >= 11 is 0. The normalized spacial score (nSPS) is 11.5. The molecule has 250 valence electrons. The molecule has 0 saturated carbocycles. The van der Waals surface area contributed by atoms with Gasteiger partial charge in [-0.15, -0.1) is 0 Å². The first-order valence-electron chi connectivity index (χ1n) is 18.0. The highest BCUT2D eigenvalue weighted by Crippen LogP contribution is 2.35. The molecule has 7 rings (SSSR count). The van der Waals surface area contributed by atoms with Crippen LogP contribution in [0.15, 0.2) is 97.1 Å². The van der Waals surface area contributed by atoms with Crippen molar-refractivity contribution in [2.45, 2.75) is 55.4 Å². The molecule has 0 aliphatic carbocycles. The monoisotopic (exact) mass is 654 g/mol. The third kappa shape index (κ3) is 5.79. The minimum Gasteiger partial charge on any atom is -0.372 e. The molecule has 0 saturated heterocycles. The van der Waals surface area contributed by atoms with Crippen molar-refractivity contribution < 1.29 is 0 Å².